The van der Waals surface area contributed by atoms with Crippen LogP contribution >= 0.6 is 12.4 Å². The third-order valence-electron chi connectivity index (χ3n) is 7.99. The summed E-state index contributed by atoms with van der Waals surface area (Å²) in [6.07, 6.45) is 9.09. The zero-order valence-corrected chi connectivity index (χ0v) is 21.1. The van der Waals surface area contributed by atoms with Gasteiger partial charge in [-0.15, -0.1) is 12.4 Å². The molecule has 3 rings (SSSR count). The summed E-state index contributed by atoms with van der Waals surface area (Å²) >= 11 is 0. The van der Waals surface area contributed by atoms with E-state index in [2.05, 4.69) is 52.6 Å². The number of carbonyl (C=O) groups is 1. The first-order valence-corrected chi connectivity index (χ1v) is 11.6. The highest BCUT2D eigenvalue weighted by atomic mass is 35.5. The maximum atomic E-state index is 12.8. The first-order valence-electron chi connectivity index (χ1n) is 11.6. The van der Waals surface area contributed by atoms with Gasteiger partial charge in [-0.1, -0.05) is 25.5 Å². The van der Waals surface area contributed by atoms with Gasteiger partial charge in [-0.3, -0.25) is 4.79 Å². The van der Waals surface area contributed by atoms with Crippen molar-refractivity contribution in [3.05, 3.63) is 35.8 Å². The Balaban J connectivity index is 0.00000341. The van der Waals surface area contributed by atoms with Gasteiger partial charge in [0.15, 0.2) is 0 Å². The molecule has 2 saturated carbocycles. The van der Waals surface area contributed by atoms with Crippen molar-refractivity contribution >= 4 is 18.4 Å². The Morgan fingerprint density at radius 3 is 2.68 bits per heavy atom. The van der Waals surface area contributed by atoms with Crippen LogP contribution < -0.4 is 5.32 Å². The van der Waals surface area contributed by atoms with E-state index >= 15 is 0 Å². The highest BCUT2D eigenvalue weighted by Gasteiger charge is 2.57. The molecule has 1 heterocycles. The first-order chi connectivity index (χ1) is 14.0. The fourth-order valence-electron chi connectivity index (χ4n) is 6.35. The molecule has 4 nitrogen and oxygen atoms in total. The number of rotatable bonds is 6. The summed E-state index contributed by atoms with van der Waals surface area (Å²) < 4.78 is 11.0. The Kier molecular flexibility index (Phi) is 8.14. The summed E-state index contributed by atoms with van der Waals surface area (Å²) in [6, 6.07) is 2.12. The van der Waals surface area contributed by atoms with Gasteiger partial charge in [0.2, 0.25) is 0 Å². The number of ether oxygens (including phenoxy) is 1. The molecule has 0 aromatic carbocycles. The van der Waals surface area contributed by atoms with E-state index in [4.69, 9.17) is 9.15 Å². The van der Waals surface area contributed by atoms with Gasteiger partial charge < -0.3 is 14.5 Å². The van der Waals surface area contributed by atoms with Crippen LogP contribution in [0.4, 0.5) is 0 Å². The minimum Gasteiger partial charge on any atom is -0.469 e. The number of nitrogens with one attached hydrogen (secondary N) is 1. The van der Waals surface area contributed by atoms with E-state index in [-0.39, 0.29) is 34.7 Å². The monoisotopic (exact) mass is 451 g/mol. The van der Waals surface area contributed by atoms with E-state index in [0.717, 1.165) is 57.3 Å². The van der Waals surface area contributed by atoms with Crippen LogP contribution in [0.15, 0.2) is 28.9 Å². The highest BCUT2D eigenvalue weighted by Crippen LogP contribution is 2.62. The summed E-state index contributed by atoms with van der Waals surface area (Å²) in [4.78, 5) is 12.8. The molecule has 0 aliphatic heterocycles. The van der Waals surface area contributed by atoms with Crippen LogP contribution in [0.3, 0.4) is 0 Å². The number of allylic oxidation sites excluding steroid dienone is 1. The van der Waals surface area contributed by atoms with Crippen molar-refractivity contribution in [3.63, 3.8) is 0 Å². The molecule has 2 unspecified atom stereocenters. The number of aryl methyl sites for hydroxylation is 1. The fourth-order valence-corrected chi connectivity index (χ4v) is 6.35. The lowest BCUT2D eigenvalue weighted by molar-refractivity contribution is -0.168. The standard InChI is InChI=1S/C26H41NO3.ClH/c1-18-9-12-22-25(5,14-8-15-26(22,6)23(28)29-7)20(18)11-10-19-13-16-30-21(19)17-27-24(2,3)4;/h13,16,20,22,27H,1,8-12,14-15,17H2,2-7H3;1H/t20-,22?,25+,26?;/m0./s1. The second-order valence-corrected chi connectivity index (χ2v) is 11.1. The second kappa shape index (κ2) is 9.70. The molecule has 0 radical (unpaired) electrons. The van der Waals surface area contributed by atoms with Crippen LogP contribution in [0.2, 0.25) is 0 Å². The molecule has 0 bridgehead atoms. The first kappa shape index (κ1) is 26.0. The zero-order chi connectivity index (χ0) is 22.2. The van der Waals surface area contributed by atoms with Crippen LogP contribution in [0.5, 0.6) is 0 Å². The molecule has 31 heavy (non-hydrogen) atoms. The quantitative estimate of drug-likeness (QED) is 0.397. The maximum absolute atomic E-state index is 12.8. The van der Waals surface area contributed by atoms with E-state index in [1.165, 1.54) is 18.2 Å². The summed E-state index contributed by atoms with van der Waals surface area (Å²) in [7, 11) is 1.53. The lowest BCUT2D eigenvalue weighted by Gasteiger charge is -2.57. The number of esters is 1. The van der Waals surface area contributed by atoms with Crippen LogP contribution in [-0.2, 0) is 22.5 Å². The molecular weight excluding hydrogens is 410 g/mol. The van der Waals surface area contributed by atoms with Gasteiger partial charge in [0.25, 0.3) is 0 Å². The van der Waals surface area contributed by atoms with Crippen molar-refractivity contribution in [2.24, 2.45) is 22.7 Å². The van der Waals surface area contributed by atoms with E-state index in [0.29, 0.717) is 11.8 Å². The number of methoxy groups -OCH3 is 1. The van der Waals surface area contributed by atoms with Crippen LogP contribution in [0.1, 0.15) is 84.5 Å². The lowest BCUT2D eigenvalue weighted by Crippen LogP contribution is -2.53. The summed E-state index contributed by atoms with van der Waals surface area (Å²) in [6.45, 7) is 16.3. The summed E-state index contributed by atoms with van der Waals surface area (Å²) in [5.74, 6) is 1.79. The number of furan rings is 1. The van der Waals surface area contributed by atoms with E-state index < -0.39 is 0 Å². The molecule has 4 atom stereocenters. The third-order valence-corrected chi connectivity index (χ3v) is 7.99. The number of carbonyl (C=O) groups excluding carboxylic acids is 1. The molecule has 0 amide bonds. The smallest absolute Gasteiger partial charge is 0.311 e. The Labute approximate surface area is 195 Å². The number of halogens is 1. The predicted molar refractivity (Wildman–Crippen MR) is 128 cm³/mol. The molecule has 2 aliphatic rings. The largest absolute Gasteiger partial charge is 0.469 e. The van der Waals surface area contributed by atoms with Crippen molar-refractivity contribution in [2.75, 3.05) is 7.11 Å². The van der Waals surface area contributed by atoms with Crippen LogP contribution in [0.25, 0.3) is 0 Å². The molecule has 2 fully saturated rings. The third kappa shape index (κ3) is 5.22. The predicted octanol–water partition coefficient (Wildman–Crippen LogP) is 6.47. The van der Waals surface area contributed by atoms with Crippen molar-refractivity contribution in [3.8, 4) is 0 Å². The topological polar surface area (TPSA) is 51.5 Å². The minimum absolute atomic E-state index is 0. The zero-order valence-electron chi connectivity index (χ0n) is 20.3. The van der Waals surface area contributed by atoms with Crippen LogP contribution in [-0.4, -0.2) is 18.6 Å². The molecule has 176 valence electrons. The second-order valence-electron chi connectivity index (χ2n) is 11.1. The minimum atomic E-state index is -0.377. The molecule has 5 heteroatoms. The van der Waals surface area contributed by atoms with E-state index in [1.54, 1.807) is 0 Å². The Morgan fingerprint density at radius 1 is 1.32 bits per heavy atom. The lowest BCUT2D eigenvalue weighted by atomic mass is 9.46. The Bertz CT molecular complexity index is 780. The Morgan fingerprint density at radius 2 is 2.03 bits per heavy atom. The average Bonchev–Trinajstić information content (AvgIpc) is 3.11. The summed E-state index contributed by atoms with van der Waals surface area (Å²) in [5, 5.41) is 3.53. The van der Waals surface area contributed by atoms with Gasteiger partial charge in [-0.2, -0.15) is 0 Å². The molecule has 2 aliphatic carbocycles. The van der Waals surface area contributed by atoms with Gasteiger partial charge in [0, 0.05) is 5.54 Å². The van der Waals surface area contributed by atoms with Crippen molar-refractivity contribution in [2.45, 2.75) is 91.6 Å². The van der Waals surface area contributed by atoms with Gasteiger partial charge in [0.05, 0.1) is 25.3 Å². The normalized spacial score (nSPS) is 31.0. The molecule has 1 aromatic rings. The van der Waals surface area contributed by atoms with Gasteiger partial charge >= 0.3 is 5.97 Å². The van der Waals surface area contributed by atoms with Crippen LogP contribution in [0, 0.1) is 22.7 Å². The molecule has 1 aromatic heterocycles. The maximum Gasteiger partial charge on any atom is 0.311 e. The van der Waals surface area contributed by atoms with E-state index in [1.807, 2.05) is 6.26 Å². The Hall–Kier alpha value is -1.26. The molecule has 0 saturated heterocycles. The summed E-state index contributed by atoms with van der Waals surface area (Å²) in [5.41, 5.74) is 2.43. The van der Waals surface area contributed by atoms with Crippen molar-refractivity contribution in [1.29, 1.82) is 0 Å². The SMILES string of the molecule is C=C1CCC2C(C)(C(=O)OC)CCC[C@]2(C)[C@H]1CCc1ccoc1CNC(C)(C)C.Cl. The van der Waals surface area contributed by atoms with Crippen molar-refractivity contribution < 1.29 is 13.9 Å². The van der Waals surface area contributed by atoms with Gasteiger partial charge in [0.1, 0.15) is 5.76 Å². The number of hydrogen-bond acceptors (Lipinski definition) is 4. The van der Waals surface area contributed by atoms with Gasteiger partial charge in [-0.25, -0.2) is 0 Å². The number of fused-ring (bicyclic) bond motifs is 1. The van der Waals surface area contributed by atoms with E-state index in [9.17, 15) is 4.79 Å². The fraction of sp³-hybridized carbons (Fsp3) is 0.731. The van der Waals surface area contributed by atoms with Crippen molar-refractivity contribution in [1.82, 2.24) is 5.32 Å². The van der Waals surface area contributed by atoms with Gasteiger partial charge in [-0.05, 0) is 95.1 Å². The number of hydrogen-bond donors (Lipinski definition) is 1. The average molecular weight is 452 g/mol. The molecule has 0 spiro atoms. The molecular formula is C26H42ClNO3. The molecule has 1 N–H and O–H groups in total. The highest BCUT2D eigenvalue weighted by molar-refractivity contribution is 5.85.